The standard InChI is InChI=1S/C19H14F3NO4/c1-26-15-7-3-5-12-9-14(18(25)27-16(12)15)17(24)23-10-11-4-2-6-13(8-11)19(20,21)22/h2-9H,10H2,1H3,(H,23,24). The van der Waals surface area contributed by atoms with E-state index in [1.54, 1.807) is 18.2 Å². The van der Waals surface area contributed by atoms with Gasteiger partial charge in [-0.25, -0.2) is 4.79 Å². The number of rotatable bonds is 4. The highest BCUT2D eigenvalue weighted by atomic mass is 19.4. The van der Waals surface area contributed by atoms with Crippen molar-refractivity contribution in [2.75, 3.05) is 7.11 Å². The van der Waals surface area contributed by atoms with E-state index < -0.39 is 23.3 Å². The third-order valence-electron chi connectivity index (χ3n) is 3.90. The molecule has 2 aromatic carbocycles. The summed E-state index contributed by atoms with van der Waals surface area (Å²) in [5.74, 6) is -0.397. The second-order valence-corrected chi connectivity index (χ2v) is 5.71. The summed E-state index contributed by atoms with van der Waals surface area (Å²) in [7, 11) is 1.42. The second kappa shape index (κ2) is 7.14. The average molecular weight is 377 g/mol. The van der Waals surface area contributed by atoms with E-state index in [2.05, 4.69) is 5.32 Å². The second-order valence-electron chi connectivity index (χ2n) is 5.71. The molecule has 0 saturated heterocycles. The molecule has 1 amide bonds. The summed E-state index contributed by atoms with van der Waals surface area (Å²) in [4.78, 5) is 24.4. The van der Waals surface area contributed by atoms with Gasteiger partial charge in [0.15, 0.2) is 11.3 Å². The summed E-state index contributed by atoms with van der Waals surface area (Å²) in [5.41, 5.74) is -1.47. The van der Waals surface area contributed by atoms with Gasteiger partial charge in [-0.1, -0.05) is 24.3 Å². The van der Waals surface area contributed by atoms with Crippen LogP contribution < -0.4 is 15.7 Å². The number of hydrogen-bond donors (Lipinski definition) is 1. The summed E-state index contributed by atoms with van der Waals surface area (Å²) in [5, 5.41) is 2.91. The molecule has 27 heavy (non-hydrogen) atoms. The van der Waals surface area contributed by atoms with Gasteiger partial charge in [0.1, 0.15) is 5.56 Å². The Balaban J connectivity index is 1.83. The maximum absolute atomic E-state index is 12.7. The molecule has 0 bridgehead atoms. The van der Waals surface area contributed by atoms with E-state index in [-0.39, 0.29) is 23.3 Å². The third-order valence-corrected chi connectivity index (χ3v) is 3.90. The molecule has 0 spiro atoms. The summed E-state index contributed by atoms with van der Waals surface area (Å²) in [6.07, 6.45) is -4.47. The van der Waals surface area contributed by atoms with E-state index >= 15 is 0 Å². The highest BCUT2D eigenvalue weighted by Gasteiger charge is 2.30. The number of amides is 1. The van der Waals surface area contributed by atoms with Crippen LogP contribution in [0, 0.1) is 0 Å². The number of halogens is 3. The molecule has 1 aromatic heterocycles. The third kappa shape index (κ3) is 3.94. The van der Waals surface area contributed by atoms with Crippen molar-refractivity contribution in [2.24, 2.45) is 0 Å². The quantitative estimate of drug-likeness (QED) is 0.703. The van der Waals surface area contributed by atoms with Crippen molar-refractivity contribution in [1.82, 2.24) is 5.32 Å². The van der Waals surface area contributed by atoms with Crippen molar-refractivity contribution >= 4 is 16.9 Å². The molecular weight excluding hydrogens is 363 g/mol. The van der Waals surface area contributed by atoms with Crippen LogP contribution in [0.15, 0.2) is 57.7 Å². The molecule has 0 aliphatic heterocycles. The molecule has 0 atom stereocenters. The molecule has 0 aliphatic rings. The molecule has 3 aromatic rings. The lowest BCUT2D eigenvalue weighted by Crippen LogP contribution is -2.28. The van der Waals surface area contributed by atoms with Gasteiger partial charge in [-0.05, 0) is 29.8 Å². The van der Waals surface area contributed by atoms with Gasteiger partial charge >= 0.3 is 11.8 Å². The van der Waals surface area contributed by atoms with Crippen LogP contribution in [0.2, 0.25) is 0 Å². The lowest BCUT2D eigenvalue weighted by Gasteiger charge is -2.10. The largest absolute Gasteiger partial charge is 0.493 e. The van der Waals surface area contributed by atoms with Crippen molar-refractivity contribution < 1.29 is 27.1 Å². The number of carbonyl (C=O) groups excluding carboxylic acids is 1. The van der Waals surface area contributed by atoms with E-state index in [9.17, 15) is 22.8 Å². The minimum Gasteiger partial charge on any atom is -0.493 e. The van der Waals surface area contributed by atoms with Gasteiger partial charge in [-0.15, -0.1) is 0 Å². The monoisotopic (exact) mass is 377 g/mol. The smallest absolute Gasteiger partial charge is 0.416 e. The Kier molecular flexibility index (Phi) is 4.89. The fourth-order valence-corrected chi connectivity index (χ4v) is 2.57. The fourth-order valence-electron chi connectivity index (χ4n) is 2.57. The SMILES string of the molecule is COc1cccc2cc(C(=O)NCc3cccc(C(F)(F)F)c3)c(=O)oc12. The summed E-state index contributed by atoms with van der Waals surface area (Å²) in [6, 6.07) is 10.9. The molecule has 3 rings (SSSR count). The number of nitrogens with one attached hydrogen (secondary N) is 1. The van der Waals surface area contributed by atoms with Crippen molar-refractivity contribution in [2.45, 2.75) is 12.7 Å². The highest BCUT2D eigenvalue weighted by molar-refractivity contribution is 5.97. The summed E-state index contributed by atoms with van der Waals surface area (Å²) >= 11 is 0. The van der Waals surface area contributed by atoms with Crippen LogP contribution in [0.5, 0.6) is 5.75 Å². The summed E-state index contributed by atoms with van der Waals surface area (Å²) in [6.45, 7) is -0.168. The van der Waals surface area contributed by atoms with Crippen LogP contribution in [0.3, 0.4) is 0 Å². The number of ether oxygens (including phenoxy) is 1. The van der Waals surface area contributed by atoms with E-state index in [4.69, 9.17) is 9.15 Å². The molecule has 0 fully saturated rings. The first-order valence-corrected chi connectivity index (χ1v) is 7.85. The van der Waals surface area contributed by atoms with Gasteiger partial charge in [0.25, 0.3) is 5.91 Å². The topological polar surface area (TPSA) is 68.5 Å². The zero-order chi connectivity index (χ0) is 19.6. The first kappa shape index (κ1) is 18.5. The van der Waals surface area contributed by atoms with Crippen LogP contribution >= 0.6 is 0 Å². The van der Waals surface area contributed by atoms with Crippen molar-refractivity contribution in [1.29, 1.82) is 0 Å². The Bertz CT molecular complexity index is 1060. The molecule has 8 heteroatoms. The van der Waals surface area contributed by atoms with E-state index in [1.165, 1.54) is 25.3 Å². The Morgan fingerprint density at radius 2 is 1.89 bits per heavy atom. The van der Waals surface area contributed by atoms with Crippen molar-refractivity contribution in [3.05, 3.63) is 75.6 Å². The maximum atomic E-state index is 12.7. The first-order valence-electron chi connectivity index (χ1n) is 7.85. The first-order chi connectivity index (χ1) is 12.8. The molecule has 140 valence electrons. The number of benzene rings is 2. The Morgan fingerprint density at radius 3 is 2.59 bits per heavy atom. The van der Waals surface area contributed by atoms with Crippen LogP contribution in [0.25, 0.3) is 11.0 Å². The molecular formula is C19H14F3NO4. The molecule has 1 heterocycles. The normalized spacial score (nSPS) is 11.4. The van der Waals surface area contributed by atoms with Crippen LogP contribution in [-0.4, -0.2) is 13.0 Å². The highest BCUT2D eigenvalue weighted by Crippen LogP contribution is 2.29. The van der Waals surface area contributed by atoms with Gasteiger partial charge in [0, 0.05) is 11.9 Å². The van der Waals surface area contributed by atoms with Gasteiger partial charge in [-0.3, -0.25) is 4.79 Å². The Labute approximate surface area is 151 Å². The molecule has 0 aliphatic carbocycles. The van der Waals surface area contributed by atoms with E-state index in [1.807, 2.05) is 0 Å². The zero-order valence-corrected chi connectivity index (χ0v) is 14.1. The van der Waals surface area contributed by atoms with E-state index in [0.29, 0.717) is 11.1 Å². The van der Waals surface area contributed by atoms with Crippen LogP contribution in [0.4, 0.5) is 13.2 Å². The number of fused-ring (bicyclic) bond motifs is 1. The zero-order valence-electron chi connectivity index (χ0n) is 14.1. The van der Waals surface area contributed by atoms with Gasteiger partial charge in [-0.2, -0.15) is 13.2 Å². The van der Waals surface area contributed by atoms with E-state index in [0.717, 1.165) is 12.1 Å². The molecule has 0 saturated carbocycles. The Hall–Kier alpha value is -3.29. The number of methoxy groups -OCH3 is 1. The summed E-state index contributed by atoms with van der Waals surface area (Å²) < 4.78 is 48.5. The Morgan fingerprint density at radius 1 is 1.15 bits per heavy atom. The van der Waals surface area contributed by atoms with Gasteiger partial charge in [0.2, 0.25) is 0 Å². The lowest BCUT2D eigenvalue weighted by molar-refractivity contribution is -0.137. The minimum atomic E-state index is -4.47. The predicted molar refractivity (Wildman–Crippen MR) is 91.7 cm³/mol. The van der Waals surface area contributed by atoms with Crippen LogP contribution in [0.1, 0.15) is 21.5 Å². The maximum Gasteiger partial charge on any atom is 0.416 e. The fraction of sp³-hybridized carbons (Fsp3) is 0.158. The number of hydrogen-bond acceptors (Lipinski definition) is 4. The molecule has 5 nitrogen and oxygen atoms in total. The van der Waals surface area contributed by atoms with Gasteiger partial charge in [0.05, 0.1) is 12.7 Å². The van der Waals surface area contributed by atoms with Gasteiger partial charge < -0.3 is 14.5 Å². The number of carbonyl (C=O) groups is 1. The average Bonchev–Trinajstić information content (AvgIpc) is 2.64. The minimum absolute atomic E-state index is 0.168. The predicted octanol–water partition coefficient (Wildman–Crippen LogP) is 3.75. The van der Waals surface area contributed by atoms with Crippen molar-refractivity contribution in [3.8, 4) is 5.75 Å². The number of alkyl halides is 3. The lowest BCUT2D eigenvalue weighted by atomic mass is 10.1. The molecule has 0 radical (unpaired) electrons. The molecule has 1 N–H and O–H groups in total. The van der Waals surface area contributed by atoms with Crippen molar-refractivity contribution in [3.63, 3.8) is 0 Å². The number of para-hydroxylation sites is 1. The molecule has 0 unspecified atom stereocenters. The van der Waals surface area contributed by atoms with Crippen LogP contribution in [-0.2, 0) is 12.7 Å².